The summed E-state index contributed by atoms with van der Waals surface area (Å²) in [5.41, 5.74) is 0. The molecule has 1 amide bonds. The SMILES string of the molecule is COc1cccc(OCCNC(=O)C2CCOCC2)c1OC. The van der Waals surface area contributed by atoms with Crippen LogP contribution in [0, 0.1) is 5.92 Å². The number of hydrogen-bond donors (Lipinski definition) is 1. The van der Waals surface area contributed by atoms with E-state index in [1.165, 1.54) is 0 Å². The molecule has 6 nitrogen and oxygen atoms in total. The Labute approximate surface area is 130 Å². The van der Waals surface area contributed by atoms with Gasteiger partial charge in [-0.25, -0.2) is 0 Å². The molecule has 0 aliphatic carbocycles. The standard InChI is InChI=1S/C16H23NO5/c1-19-13-4-3-5-14(15(13)20-2)22-11-8-17-16(18)12-6-9-21-10-7-12/h3-5,12H,6-11H2,1-2H3,(H,17,18). The van der Waals surface area contributed by atoms with Gasteiger partial charge in [-0.3, -0.25) is 4.79 Å². The number of hydrogen-bond acceptors (Lipinski definition) is 5. The van der Waals surface area contributed by atoms with E-state index in [-0.39, 0.29) is 11.8 Å². The molecule has 1 aliphatic heterocycles. The molecule has 0 saturated carbocycles. The lowest BCUT2D eigenvalue weighted by Crippen LogP contribution is -2.36. The van der Waals surface area contributed by atoms with Crippen molar-refractivity contribution < 1.29 is 23.7 Å². The number of ether oxygens (including phenoxy) is 4. The van der Waals surface area contributed by atoms with Crippen molar-refractivity contribution >= 4 is 5.91 Å². The Morgan fingerprint density at radius 1 is 1.23 bits per heavy atom. The molecule has 1 aliphatic rings. The van der Waals surface area contributed by atoms with Gasteiger partial charge in [0.25, 0.3) is 0 Å². The number of nitrogens with one attached hydrogen (secondary N) is 1. The lowest BCUT2D eigenvalue weighted by atomic mass is 9.99. The Kier molecular flexibility index (Phi) is 6.33. The van der Waals surface area contributed by atoms with E-state index in [9.17, 15) is 4.79 Å². The van der Waals surface area contributed by atoms with Gasteiger partial charge < -0.3 is 24.3 Å². The average molecular weight is 309 g/mol. The Morgan fingerprint density at radius 2 is 1.95 bits per heavy atom. The number of carbonyl (C=O) groups is 1. The topological polar surface area (TPSA) is 66.0 Å². The maximum absolute atomic E-state index is 12.0. The van der Waals surface area contributed by atoms with Crippen molar-refractivity contribution in [3.8, 4) is 17.2 Å². The van der Waals surface area contributed by atoms with Gasteiger partial charge in [-0.1, -0.05) is 6.07 Å². The quantitative estimate of drug-likeness (QED) is 0.775. The molecule has 0 atom stereocenters. The zero-order valence-electron chi connectivity index (χ0n) is 13.1. The Bertz CT molecular complexity index is 485. The first-order valence-electron chi connectivity index (χ1n) is 7.45. The lowest BCUT2D eigenvalue weighted by Gasteiger charge is -2.21. The smallest absolute Gasteiger partial charge is 0.223 e. The molecule has 0 bridgehead atoms. The molecule has 1 heterocycles. The molecule has 0 radical (unpaired) electrons. The number of methoxy groups -OCH3 is 2. The largest absolute Gasteiger partial charge is 0.493 e. The minimum atomic E-state index is 0.0557. The van der Waals surface area contributed by atoms with Crippen molar-refractivity contribution in [2.45, 2.75) is 12.8 Å². The van der Waals surface area contributed by atoms with Crippen LogP contribution in [0.25, 0.3) is 0 Å². The molecule has 1 saturated heterocycles. The summed E-state index contributed by atoms with van der Waals surface area (Å²) in [5, 5.41) is 2.90. The lowest BCUT2D eigenvalue weighted by molar-refractivity contribution is -0.127. The number of rotatable bonds is 7. The number of benzene rings is 1. The molecule has 0 spiro atoms. The van der Waals surface area contributed by atoms with E-state index >= 15 is 0 Å². The zero-order chi connectivity index (χ0) is 15.8. The van der Waals surface area contributed by atoms with E-state index in [4.69, 9.17) is 18.9 Å². The van der Waals surface area contributed by atoms with Crippen molar-refractivity contribution in [3.63, 3.8) is 0 Å². The summed E-state index contributed by atoms with van der Waals surface area (Å²) in [6, 6.07) is 5.44. The summed E-state index contributed by atoms with van der Waals surface area (Å²) in [5.74, 6) is 1.90. The van der Waals surface area contributed by atoms with Gasteiger partial charge in [0.05, 0.1) is 20.8 Å². The van der Waals surface area contributed by atoms with Gasteiger partial charge >= 0.3 is 0 Å². The fourth-order valence-corrected chi connectivity index (χ4v) is 2.41. The highest BCUT2D eigenvalue weighted by Crippen LogP contribution is 2.36. The van der Waals surface area contributed by atoms with E-state index in [2.05, 4.69) is 5.32 Å². The fourth-order valence-electron chi connectivity index (χ4n) is 2.41. The van der Waals surface area contributed by atoms with E-state index in [0.29, 0.717) is 43.6 Å². The Morgan fingerprint density at radius 3 is 2.64 bits per heavy atom. The van der Waals surface area contributed by atoms with Crippen LogP contribution in [0.5, 0.6) is 17.2 Å². The van der Waals surface area contributed by atoms with Crippen molar-refractivity contribution in [2.75, 3.05) is 40.6 Å². The maximum atomic E-state index is 12.0. The summed E-state index contributed by atoms with van der Waals surface area (Å²) in [7, 11) is 3.15. The van der Waals surface area contributed by atoms with E-state index in [1.807, 2.05) is 12.1 Å². The number of carbonyl (C=O) groups excluding carboxylic acids is 1. The predicted molar refractivity (Wildman–Crippen MR) is 81.6 cm³/mol. The second-order valence-corrected chi connectivity index (χ2v) is 5.02. The van der Waals surface area contributed by atoms with Crippen molar-refractivity contribution in [1.82, 2.24) is 5.32 Å². The molecule has 122 valence electrons. The monoisotopic (exact) mass is 309 g/mol. The van der Waals surface area contributed by atoms with Gasteiger partial charge in [0.15, 0.2) is 11.5 Å². The molecule has 6 heteroatoms. The molecule has 1 aromatic carbocycles. The normalized spacial score (nSPS) is 15.2. The van der Waals surface area contributed by atoms with Crippen LogP contribution in [0.1, 0.15) is 12.8 Å². The molecule has 0 unspecified atom stereocenters. The van der Waals surface area contributed by atoms with Gasteiger partial charge in [-0.15, -0.1) is 0 Å². The fraction of sp³-hybridized carbons (Fsp3) is 0.562. The highest BCUT2D eigenvalue weighted by Gasteiger charge is 2.21. The number of amides is 1. The third-order valence-corrected chi connectivity index (χ3v) is 3.62. The second kappa shape index (κ2) is 8.48. The first kappa shape index (κ1) is 16.4. The van der Waals surface area contributed by atoms with Crippen molar-refractivity contribution in [3.05, 3.63) is 18.2 Å². The summed E-state index contributed by atoms with van der Waals surface area (Å²) in [4.78, 5) is 12.0. The molecule has 1 fully saturated rings. The van der Waals surface area contributed by atoms with Crippen molar-refractivity contribution in [1.29, 1.82) is 0 Å². The first-order valence-corrected chi connectivity index (χ1v) is 7.45. The van der Waals surface area contributed by atoms with Crippen LogP contribution in [0.15, 0.2) is 18.2 Å². The minimum Gasteiger partial charge on any atom is -0.493 e. The molecule has 0 aromatic heterocycles. The van der Waals surface area contributed by atoms with Crippen LogP contribution < -0.4 is 19.5 Å². The summed E-state index contributed by atoms with van der Waals surface area (Å²) in [6.07, 6.45) is 1.58. The van der Waals surface area contributed by atoms with E-state index in [1.54, 1.807) is 20.3 Å². The van der Waals surface area contributed by atoms with Crippen LogP contribution in [0.2, 0.25) is 0 Å². The minimum absolute atomic E-state index is 0.0557. The van der Waals surface area contributed by atoms with E-state index < -0.39 is 0 Å². The van der Waals surface area contributed by atoms with E-state index in [0.717, 1.165) is 12.8 Å². The van der Waals surface area contributed by atoms with Crippen LogP contribution in [-0.4, -0.2) is 46.5 Å². The third-order valence-electron chi connectivity index (χ3n) is 3.62. The van der Waals surface area contributed by atoms with Gasteiger partial charge in [0.1, 0.15) is 6.61 Å². The summed E-state index contributed by atoms with van der Waals surface area (Å²) >= 11 is 0. The highest BCUT2D eigenvalue weighted by atomic mass is 16.5. The summed E-state index contributed by atoms with van der Waals surface area (Å²) < 4.78 is 21.4. The van der Waals surface area contributed by atoms with Crippen LogP contribution in [0.3, 0.4) is 0 Å². The number of para-hydroxylation sites is 1. The Hall–Kier alpha value is -1.95. The Balaban J connectivity index is 1.78. The van der Waals surface area contributed by atoms with Crippen molar-refractivity contribution in [2.24, 2.45) is 5.92 Å². The highest BCUT2D eigenvalue weighted by molar-refractivity contribution is 5.78. The molecule has 2 rings (SSSR count). The molecule has 1 aromatic rings. The first-order chi connectivity index (χ1) is 10.8. The van der Waals surface area contributed by atoms with Gasteiger partial charge in [-0.05, 0) is 25.0 Å². The predicted octanol–water partition coefficient (Wildman–Crippen LogP) is 1.63. The molecule has 22 heavy (non-hydrogen) atoms. The third kappa shape index (κ3) is 4.27. The molecular weight excluding hydrogens is 286 g/mol. The van der Waals surface area contributed by atoms with Crippen LogP contribution in [-0.2, 0) is 9.53 Å². The average Bonchev–Trinajstić information content (AvgIpc) is 2.58. The second-order valence-electron chi connectivity index (χ2n) is 5.02. The molecule has 1 N–H and O–H groups in total. The summed E-state index contributed by atoms with van der Waals surface area (Å²) in [6.45, 7) is 2.15. The van der Waals surface area contributed by atoms with Gasteiger partial charge in [-0.2, -0.15) is 0 Å². The van der Waals surface area contributed by atoms with Gasteiger partial charge in [0, 0.05) is 19.1 Å². The zero-order valence-corrected chi connectivity index (χ0v) is 13.1. The van der Waals surface area contributed by atoms with Crippen LogP contribution in [0.4, 0.5) is 0 Å². The van der Waals surface area contributed by atoms with Gasteiger partial charge in [0.2, 0.25) is 11.7 Å². The van der Waals surface area contributed by atoms with Crippen LogP contribution >= 0.6 is 0 Å². The molecular formula is C16H23NO5. The maximum Gasteiger partial charge on any atom is 0.223 e.